The number of benzene rings is 1. The first-order chi connectivity index (χ1) is 11.5. The molecule has 0 bridgehead atoms. The molecule has 1 aromatic carbocycles. The molecule has 0 saturated carbocycles. The minimum absolute atomic E-state index is 0.180. The van der Waals surface area contributed by atoms with Crippen LogP contribution in [0.3, 0.4) is 0 Å². The van der Waals surface area contributed by atoms with E-state index >= 15 is 0 Å². The van der Waals surface area contributed by atoms with E-state index in [9.17, 15) is 14.7 Å². The first kappa shape index (κ1) is 15.4. The van der Waals surface area contributed by atoms with Crippen LogP contribution in [0.25, 0.3) is 10.2 Å². The van der Waals surface area contributed by atoms with Gasteiger partial charge in [0, 0.05) is 9.90 Å². The quantitative estimate of drug-likeness (QED) is 0.778. The molecule has 1 aliphatic rings. The lowest BCUT2D eigenvalue weighted by molar-refractivity contribution is -0.138. The summed E-state index contributed by atoms with van der Waals surface area (Å²) in [6.45, 7) is 0.376. The molecular formula is C17H13ClN2O3S. The van der Waals surface area contributed by atoms with Crippen LogP contribution >= 0.6 is 22.9 Å². The van der Waals surface area contributed by atoms with Crippen molar-refractivity contribution in [2.45, 2.75) is 25.3 Å². The normalized spacial score (nSPS) is 16.5. The molecule has 3 aromatic rings. The molecule has 24 heavy (non-hydrogen) atoms. The van der Waals surface area contributed by atoms with E-state index in [4.69, 9.17) is 11.6 Å². The molecule has 1 N–H and O–H groups in total. The molecule has 2 heterocycles. The summed E-state index contributed by atoms with van der Waals surface area (Å²) < 4.78 is 1.52. The highest BCUT2D eigenvalue weighted by molar-refractivity contribution is 7.18. The summed E-state index contributed by atoms with van der Waals surface area (Å²) in [5, 5.41) is 10.5. The largest absolute Gasteiger partial charge is 0.481 e. The zero-order chi connectivity index (χ0) is 16.8. The van der Waals surface area contributed by atoms with Gasteiger partial charge < -0.3 is 5.11 Å². The van der Waals surface area contributed by atoms with E-state index in [0.29, 0.717) is 40.2 Å². The molecule has 7 heteroatoms. The van der Waals surface area contributed by atoms with Gasteiger partial charge in [0.25, 0.3) is 5.56 Å². The second-order valence-electron chi connectivity index (χ2n) is 5.85. The third kappa shape index (κ3) is 2.42. The Morgan fingerprint density at radius 3 is 2.83 bits per heavy atom. The summed E-state index contributed by atoms with van der Waals surface area (Å²) in [5.41, 5.74) is 1.43. The van der Waals surface area contributed by atoms with Gasteiger partial charge in [0.2, 0.25) is 0 Å². The number of carboxylic acid groups (broad SMARTS) is 1. The maximum absolute atomic E-state index is 12.9. The maximum atomic E-state index is 12.9. The van der Waals surface area contributed by atoms with Crippen LogP contribution in [-0.2, 0) is 17.8 Å². The van der Waals surface area contributed by atoms with Crippen LogP contribution in [0.5, 0.6) is 0 Å². The number of nitrogens with zero attached hydrogens (tertiary/aromatic N) is 2. The number of aryl methyl sites for hydroxylation is 1. The fraction of sp³-hybridized carbons (Fsp3) is 0.235. The van der Waals surface area contributed by atoms with Gasteiger partial charge in [0.05, 0.1) is 24.2 Å². The Balaban J connectivity index is 1.83. The average molecular weight is 361 g/mol. The first-order valence-corrected chi connectivity index (χ1v) is 8.72. The predicted molar refractivity (Wildman–Crippen MR) is 93.1 cm³/mol. The standard InChI is InChI=1S/C17H13ClN2O3S/c18-10-3-1-9(2-4-10)7-20-8-19-15-14(16(20)21)13-11(17(22)23)5-6-12(13)24-15/h1-4,8,11H,5-7H2,(H,22,23). The Labute approximate surface area is 146 Å². The number of carbonyl (C=O) groups is 1. The number of carboxylic acids is 1. The smallest absolute Gasteiger partial charge is 0.311 e. The number of halogens is 1. The third-order valence-corrected chi connectivity index (χ3v) is 5.79. The molecule has 1 aliphatic carbocycles. The molecule has 2 aromatic heterocycles. The zero-order valence-corrected chi connectivity index (χ0v) is 14.1. The van der Waals surface area contributed by atoms with Gasteiger partial charge in [-0.2, -0.15) is 0 Å². The second-order valence-corrected chi connectivity index (χ2v) is 7.37. The topological polar surface area (TPSA) is 72.2 Å². The van der Waals surface area contributed by atoms with Crippen LogP contribution in [0.1, 0.15) is 28.3 Å². The number of thiophene rings is 1. The van der Waals surface area contributed by atoms with Crippen molar-refractivity contribution >= 4 is 39.1 Å². The highest BCUT2D eigenvalue weighted by Gasteiger charge is 2.34. The second kappa shape index (κ2) is 5.72. The molecule has 0 fully saturated rings. The van der Waals surface area contributed by atoms with Crippen molar-refractivity contribution in [2.75, 3.05) is 0 Å². The van der Waals surface area contributed by atoms with E-state index in [1.165, 1.54) is 22.2 Å². The first-order valence-electron chi connectivity index (χ1n) is 7.52. The summed E-state index contributed by atoms with van der Waals surface area (Å²) in [7, 11) is 0. The Morgan fingerprint density at radius 1 is 1.38 bits per heavy atom. The molecule has 0 amide bonds. The van der Waals surface area contributed by atoms with E-state index < -0.39 is 11.9 Å². The number of aliphatic carboxylic acids is 1. The molecule has 0 spiro atoms. The summed E-state index contributed by atoms with van der Waals surface area (Å²) in [6, 6.07) is 7.27. The maximum Gasteiger partial charge on any atom is 0.311 e. The van der Waals surface area contributed by atoms with Gasteiger partial charge in [-0.05, 0) is 36.1 Å². The van der Waals surface area contributed by atoms with Gasteiger partial charge in [-0.1, -0.05) is 23.7 Å². The van der Waals surface area contributed by atoms with Crippen molar-refractivity contribution in [2.24, 2.45) is 0 Å². The van der Waals surface area contributed by atoms with Gasteiger partial charge >= 0.3 is 5.97 Å². The van der Waals surface area contributed by atoms with Gasteiger partial charge in [-0.3, -0.25) is 14.2 Å². The molecule has 4 rings (SSSR count). The number of hydrogen-bond donors (Lipinski definition) is 1. The lowest BCUT2D eigenvalue weighted by Crippen LogP contribution is -2.22. The summed E-state index contributed by atoms with van der Waals surface area (Å²) in [4.78, 5) is 30.4. The minimum atomic E-state index is -0.874. The summed E-state index contributed by atoms with van der Waals surface area (Å²) in [5.74, 6) is -1.48. The van der Waals surface area contributed by atoms with Gasteiger partial charge in [-0.25, -0.2) is 4.98 Å². The Bertz CT molecular complexity index is 1010. The van der Waals surface area contributed by atoms with Crippen molar-refractivity contribution in [3.8, 4) is 0 Å². The van der Waals surface area contributed by atoms with Crippen molar-refractivity contribution < 1.29 is 9.90 Å². The SMILES string of the molecule is O=C(O)C1CCc2sc3ncn(Cc4ccc(Cl)cc4)c(=O)c3c21. The summed E-state index contributed by atoms with van der Waals surface area (Å²) in [6.07, 6.45) is 2.78. The van der Waals surface area contributed by atoms with Gasteiger partial charge in [-0.15, -0.1) is 11.3 Å². The predicted octanol–water partition coefficient (Wildman–Crippen LogP) is 3.27. The van der Waals surface area contributed by atoms with Crippen molar-refractivity contribution in [1.82, 2.24) is 9.55 Å². The average Bonchev–Trinajstić information content (AvgIpc) is 3.11. The molecule has 5 nitrogen and oxygen atoms in total. The van der Waals surface area contributed by atoms with Crippen LogP contribution in [0, 0.1) is 0 Å². The number of aromatic nitrogens is 2. The lowest BCUT2D eigenvalue weighted by Gasteiger charge is -2.08. The molecule has 1 atom stereocenters. The van der Waals surface area contributed by atoms with E-state index in [2.05, 4.69) is 4.98 Å². The number of fused-ring (bicyclic) bond motifs is 3. The van der Waals surface area contributed by atoms with E-state index in [1.54, 1.807) is 12.1 Å². The van der Waals surface area contributed by atoms with Crippen molar-refractivity contribution in [3.05, 3.63) is 62.0 Å². The number of rotatable bonds is 3. The molecule has 0 aliphatic heterocycles. The van der Waals surface area contributed by atoms with Crippen LogP contribution in [0.4, 0.5) is 0 Å². The highest BCUT2D eigenvalue weighted by Crippen LogP contribution is 2.42. The van der Waals surface area contributed by atoms with Crippen LogP contribution in [0.2, 0.25) is 5.02 Å². The molecule has 122 valence electrons. The zero-order valence-electron chi connectivity index (χ0n) is 12.5. The molecular weight excluding hydrogens is 348 g/mol. The van der Waals surface area contributed by atoms with Crippen molar-refractivity contribution in [1.29, 1.82) is 0 Å². The van der Waals surface area contributed by atoms with Crippen molar-refractivity contribution in [3.63, 3.8) is 0 Å². The van der Waals surface area contributed by atoms with Crippen LogP contribution < -0.4 is 5.56 Å². The summed E-state index contributed by atoms with van der Waals surface area (Å²) >= 11 is 7.32. The Morgan fingerprint density at radius 2 is 2.12 bits per heavy atom. The van der Waals surface area contributed by atoms with Crippen LogP contribution in [-0.4, -0.2) is 20.6 Å². The fourth-order valence-corrected chi connectivity index (χ4v) is 4.55. The van der Waals surface area contributed by atoms with E-state index in [-0.39, 0.29) is 5.56 Å². The third-order valence-electron chi connectivity index (χ3n) is 4.37. The number of hydrogen-bond acceptors (Lipinski definition) is 4. The Hall–Kier alpha value is -2.18. The molecule has 0 saturated heterocycles. The van der Waals surface area contributed by atoms with Gasteiger partial charge in [0.15, 0.2) is 0 Å². The van der Waals surface area contributed by atoms with E-state index in [0.717, 1.165) is 10.4 Å². The highest BCUT2D eigenvalue weighted by atomic mass is 35.5. The van der Waals surface area contributed by atoms with E-state index in [1.807, 2.05) is 12.1 Å². The molecule has 0 radical (unpaired) electrons. The lowest BCUT2D eigenvalue weighted by atomic mass is 10.0. The Kier molecular flexibility index (Phi) is 3.66. The molecule has 1 unspecified atom stereocenters. The van der Waals surface area contributed by atoms with Gasteiger partial charge in [0.1, 0.15) is 4.83 Å². The fourth-order valence-electron chi connectivity index (χ4n) is 3.21. The van der Waals surface area contributed by atoms with Crippen LogP contribution in [0.15, 0.2) is 35.4 Å². The minimum Gasteiger partial charge on any atom is -0.481 e. The monoisotopic (exact) mass is 360 g/mol.